The van der Waals surface area contributed by atoms with E-state index in [4.69, 9.17) is 0 Å². The Morgan fingerprint density at radius 2 is 1.63 bits per heavy atom. The Balaban J connectivity index is 1.32. The lowest BCUT2D eigenvalue weighted by Crippen LogP contribution is -2.49. The van der Waals surface area contributed by atoms with Crippen LogP contribution in [0.5, 0.6) is 0 Å². The molecule has 0 atom stereocenters. The minimum Gasteiger partial charge on any atom is -0.352 e. The summed E-state index contributed by atoms with van der Waals surface area (Å²) in [5.41, 5.74) is 2.08. The van der Waals surface area contributed by atoms with Gasteiger partial charge in [0.1, 0.15) is 5.82 Å². The molecule has 2 aliphatic heterocycles. The Labute approximate surface area is 160 Å². The lowest BCUT2D eigenvalue weighted by Gasteiger charge is -2.35. The largest absolute Gasteiger partial charge is 0.352 e. The number of nitrogens with zero attached hydrogens (tertiary/aromatic N) is 5. The number of piperidine rings is 1. The number of benzene rings is 1. The minimum atomic E-state index is 0.123. The van der Waals surface area contributed by atoms with Gasteiger partial charge in [-0.3, -0.25) is 14.7 Å². The van der Waals surface area contributed by atoms with Gasteiger partial charge >= 0.3 is 0 Å². The first kappa shape index (κ1) is 17.9. The standard InChI is InChI=1S/C21H27N5O/c27-21(26-14-12-25(13-15-26)20-16-22-8-9-23-20)19-6-4-18(5-7-19)17-24-10-2-1-3-11-24/h4-9,16H,1-3,10-15,17H2. The first-order valence-corrected chi connectivity index (χ1v) is 9.91. The Hall–Kier alpha value is -2.47. The van der Waals surface area contributed by atoms with E-state index in [1.165, 1.54) is 37.9 Å². The maximum absolute atomic E-state index is 12.8. The van der Waals surface area contributed by atoms with Crippen LogP contribution in [0.3, 0.4) is 0 Å². The third kappa shape index (κ3) is 4.45. The van der Waals surface area contributed by atoms with Crippen molar-refractivity contribution in [3.63, 3.8) is 0 Å². The van der Waals surface area contributed by atoms with Crippen LogP contribution in [0.1, 0.15) is 35.2 Å². The number of carbonyl (C=O) groups is 1. The molecule has 0 spiro atoms. The first-order valence-electron chi connectivity index (χ1n) is 9.91. The number of amides is 1. The van der Waals surface area contributed by atoms with Crippen LogP contribution in [0.15, 0.2) is 42.9 Å². The van der Waals surface area contributed by atoms with Gasteiger partial charge in [-0.2, -0.15) is 0 Å². The zero-order valence-corrected chi connectivity index (χ0v) is 15.8. The molecule has 4 rings (SSSR count). The van der Waals surface area contributed by atoms with Crippen LogP contribution in [0.4, 0.5) is 5.82 Å². The second kappa shape index (κ2) is 8.48. The van der Waals surface area contributed by atoms with Crippen molar-refractivity contribution in [2.24, 2.45) is 0 Å². The molecule has 0 N–H and O–H groups in total. The number of piperazine rings is 1. The van der Waals surface area contributed by atoms with E-state index in [0.29, 0.717) is 13.1 Å². The van der Waals surface area contributed by atoms with Crippen molar-refractivity contribution in [1.29, 1.82) is 0 Å². The van der Waals surface area contributed by atoms with E-state index in [0.717, 1.165) is 31.0 Å². The highest BCUT2D eigenvalue weighted by Crippen LogP contribution is 2.16. The van der Waals surface area contributed by atoms with E-state index in [-0.39, 0.29) is 5.91 Å². The highest BCUT2D eigenvalue weighted by Gasteiger charge is 2.23. The molecule has 1 amide bonds. The molecule has 0 unspecified atom stereocenters. The number of hydrogen-bond donors (Lipinski definition) is 0. The number of hydrogen-bond acceptors (Lipinski definition) is 5. The summed E-state index contributed by atoms with van der Waals surface area (Å²) in [6.45, 7) is 6.38. The van der Waals surface area contributed by atoms with Gasteiger partial charge in [0.25, 0.3) is 5.91 Å². The Morgan fingerprint density at radius 3 is 2.30 bits per heavy atom. The first-order chi connectivity index (χ1) is 13.3. The van der Waals surface area contributed by atoms with Crippen LogP contribution >= 0.6 is 0 Å². The van der Waals surface area contributed by atoms with Crippen LogP contribution in [-0.2, 0) is 6.54 Å². The average molecular weight is 365 g/mol. The fraction of sp³-hybridized carbons (Fsp3) is 0.476. The zero-order valence-electron chi connectivity index (χ0n) is 15.8. The van der Waals surface area contributed by atoms with Gasteiger partial charge in [0.05, 0.1) is 6.20 Å². The van der Waals surface area contributed by atoms with Gasteiger partial charge in [-0.05, 0) is 43.6 Å². The third-order valence-electron chi connectivity index (χ3n) is 5.50. The van der Waals surface area contributed by atoms with Crippen LogP contribution in [0.25, 0.3) is 0 Å². The van der Waals surface area contributed by atoms with E-state index < -0.39 is 0 Å². The number of likely N-dealkylation sites (tertiary alicyclic amines) is 1. The topological polar surface area (TPSA) is 52.6 Å². The fourth-order valence-electron chi connectivity index (χ4n) is 3.90. The molecule has 1 aromatic carbocycles. The van der Waals surface area contributed by atoms with Gasteiger partial charge in [0.15, 0.2) is 0 Å². The van der Waals surface area contributed by atoms with E-state index in [2.05, 4.69) is 31.9 Å². The molecule has 1 aromatic heterocycles. The molecule has 2 fully saturated rings. The van der Waals surface area contributed by atoms with E-state index in [1.54, 1.807) is 18.6 Å². The summed E-state index contributed by atoms with van der Waals surface area (Å²) in [5, 5.41) is 0. The number of aromatic nitrogens is 2. The lowest BCUT2D eigenvalue weighted by molar-refractivity contribution is 0.0746. The average Bonchev–Trinajstić information content (AvgIpc) is 2.75. The maximum atomic E-state index is 12.8. The summed E-state index contributed by atoms with van der Waals surface area (Å²) in [6.07, 6.45) is 9.12. The zero-order chi connectivity index (χ0) is 18.5. The molecule has 6 heteroatoms. The molecule has 0 radical (unpaired) electrons. The number of carbonyl (C=O) groups excluding carboxylic acids is 1. The molecule has 0 bridgehead atoms. The Morgan fingerprint density at radius 1 is 0.889 bits per heavy atom. The van der Waals surface area contributed by atoms with Gasteiger partial charge < -0.3 is 9.80 Å². The molecule has 142 valence electrons. The third-order valence-corrected chi connectivity index (χ3v) is 5.50. The van der Waals surface area contributed by atoms with Crippen molar-refractivity contribution in [2.45, 2.75) is 25.8 Å². The summed E-state index contributed by atoms with van der Waals surface area (Å²) < 4.78 is 0. The summed E-state index contributed by atoms with van der Waals surface area (Å²) in [7, 11) is 0. The number of rotatable bonds is 4. The molecule has 2 aliphatic rings. The van der Waals surface area contributed by atoms with Crippen molar-refractivity contribution in [2.75, 3.05) is 44.2 Å². The fourth-order valence-corrected chi connectivity index (χ4v) is 3.90. The van der Waals surface area contributed by atoms with Crippen molar-refractivity contribution in [1.82, 2.24) is 19.8 Å². The Bertz CT molecular complexity index is 735. The second-order valence-corrected chi connectivity index (χ2v) is 7.38. The van der Waals surface area contributed by atoms with Crippen molar-refractivity contribution >= 4 is 11.7 Å². The molecule has 6 nitrogen and oxygen atoms in total. The normalized spacial score (nSPS) is 18.5. The molecule has 2 saturated heterocycles. The van der Waals surface area contributed by atoms with E-state index >= 15 is 0 Å². The van der Waals surface area contributed by atoms with Gasteiger partial charge in [-0.1, -0.05) is 18.6 Å². The lowest BCUT2D eigenvalue weighted by atomic mass is 10.1. The second-order valence-electron chi connectivity index (χ2n) is 7.38. The summed E-state index contributed by atoms with van der Waals surface area (Å²) in [6, 6.07) is 8.18. The smallest absolute Gasteiger partial charge is 0.253 e. The van der Waals surface area contributed by atoms with Crippen LogP contribution in [-0.4, -0.2) is 64.9 Å². The van der Waals surface area contributed by atoms with Crippen molar-refractivity contribution < 1.29 is 4.79 Å². The molecule has 3 heterocycles. The van der Waals surface area contributed by atoms with Gasteiger partial charge in [-0.15, -0.1) is 0 Å². The molecular formula is C21H27N5O. The monoisotopic (exact) mass is 365 g/mol. The van der Waals surface area contributed by atoms with Crippen molar-refractivity contribution in [3.05, 3.63) is 54.0 Å². The van der Waals surface area contributed by atoms with Crippen LogP contribution in [0.2, 0.25) is 0 Å². The molecule has 2 aromatic rings. The predicted molar refractivity (Wildman–Crippen MR) is 106 cm³/mol. The van der Waals surface area contributed by atoms with Crippen LogP contribution in [0, 0.1) is 0 Å². The maximum Gasteiger partial charge on any atom is 0.253 e. The summed E-state index contributed by atoms with van der Waals surface area (Å²) >= 11 is 0. The Kier molecular flexibility index (Phi) is 5.63. The summed E-state index contributed by atoms with van der Waals surface area (Å²) in [4.78, 5) is 27.9. The minimum absolute atomic E-state index is 0.123. The van der Waals surface area contributed by atoms with Gasteiger partial charge in [-0.25, -0.2) is 4.98 Å². The van der Waals surface area contributed by atoms with Crippen molar-refractivity contribution in [3.8, 4) is 0 Å². The van der Waals surface area contributed by atoms with Gasteiger partial charge in [0, 0.05) is 50.7 Å². The molecule has 0 aliphatic carbocycles. The molecule has 0 saturated carbocycles. The predicted octanol–water partition coefficient (Wildman–Crippen LogP) is 2.42. The van der Waals surface area contributed by atoms with Crippen LogP contribution < -0.4 is 4.90 Å². The SMILES string of the molecule is O=C(c1ccc(CN2CCCCC2)cc1)N1CCN(c2cnccn2)CC1. The quantitative estimate of drug-likeness (QED) is 0.833. The highest BCUT2D eigenvalue weighted by atomic mass is 16.2. The summed E-state index contributed by atoms with van der Waals surface area (Å²) in [5.74, 6) is 1.00. The highest BCUT2D eigenvalue weighted by molar-refractivity contribution is 5.94. The van der Waals surface area contributed by atoms with Gasteiger partial charge in [0.2, 0.25) is 0 Å². The van der Waals surface area contributed by atoms with E-state index in [9.17, 15) is 4.79 Å². The molecular weight excluding hydrogens is 338 g/mol. The molecule has 27 heavy (non-hydrogen) atoms. The van der Waals surface area contributed by atoms with E-state index in [1.807, 2.05) is 17.0 Å². The number of anilines is 1.